The van der Waals surface area contributed by atoms with Crippen molar-refractivity contribution in [1.82, 2.24) is 5.32 Å². The fraction of sp³-hybridized carbons (Fsp3) is 0.755. The van der Waals surface area contributed by atoms with E-state index in [4.69, 9.17) is 42.6 Å². The van der Waals surface area contributed by atoms with E-state index in [1.54, 1.807) is 55.4 Å². The lowest BCUT2D eigenvalue weighted by atomic mass is 9.49. The molecule has 2 N–H and O–H groups in total. The van der Waals surface area contributed by atoms with Crippen LogP contribution in [-0.2, 0) is 68.2 Å². The Morgan fingerprint density at radius 1 is 0.812 bits per heavy atom. The van der Waals surface area contributed by atoms with Crippen LogP contribution < -0.4 is 5.32 Å². The molecule has 1 amide bonds. The Kier molecular flexibility index (Phi) is 15.3. The highest BCUT2D eigenvalue weighted by Crippen LogP contribution is 2.61. The van der Waals surface area contributed by atoms with Crippen molar-refractivity contribution in [3.05, 3.63) is 48.0 Å². The van der Waals surface area contributed by atoms with Gasteiger partial charge in [0.1, 0.15) is 22.9 Å². The molecule has 6 aliphatic rings. The topological polar surface area (TPSA) is 201 Å². The summed E-state index contributed by atoms with van der Waals surface area (Å²) in [6.45, 7) is 25.0. The molecular weight excluding hydrogens is 891 g/mol. The Morgan fingerprint density at radius 2 is 1.35 bits per heavy atom. The largest absolute Gasteiger partial charge is 0.458 e. The Hall–Kier alpha value is -4.09. The van der Waals surface area contributed by atoms with Gasteiger partial charge < -0.3 is 53.1 Å². The predicted octanol–water partition coefficient (Wildman–Crippen LogP) is 7.83. The van der Waals surface area contributed by atoms with Crippen LogP contribution in [0.2, 0.25) is 0 Å². The monoisotopic (exact) mass is 970 g/mol. The normalized spacial score (nSPS) is 32.6. The summed E-state index contributed by atoms with van der Waals surface area (Å²) in [5.41, 5.74) is -9.36. The number of rotatable bonds is 17. The average molecular weight is 970 g/mol. The van der Waals surface area contributed by atoms with Crippen molar-refractivity contribution in [2.24, 2.45) is 29.1 Å². The van der Waals surface area contributed by atoms with E-state index in [2.05, 4.69) is 11.9 Å². The van der Waals surface area contributed by atoms with E-state index < -0.39 is 94.0 Å². The quantitative estimate of drug-likeness (QED) is 0.0662. The van der Waals surface area contributed by atoms with Crippen LogP contribution in [0.25, 0.3) is 0 Å². The number of ether oxygens (including phenoxy) is 9. The van der Waals surface area contributed by atoms with Gasteiger partial charge in [-0.15, -0.1) is 0 Å². The Morgan fingerprint density at radius 3 is 1.86 bits per heavy atom. The number of hydrogen-bond acceptors (Lipinski definition) is 15. The van der Waals surface area contributed by atoms with Gasteiger partial charge in [-0.3, -0.25) is 4.79 Å². The molecule has 8 atom stereocenters. The van der Waals surface area contributed by atoms with Crippen molar-refractivity contribution in [1.29, 1.82) is 0 Å². The van der Waals surface area contributed by atoms with Gasteiger partial charge in [0, 0.05) is 32.9 Å². The number of esters is 4. The predicted molar refractivity (Wildman–Crippen MR) is 252 cm³/mol. The molecule has 0 spiro atoms. The number of nitrogens with one attached hydrogen (secondary N) is 1. The van der Waals surface area contributed by atoms with Crippen LogP contribution in [0.15, 0.2) is 42.5 Å². The molecule has 6 bridgehead atoms. The van der Waals surface area contributed by atoms with Crippen molar-refractivity contribution >= 4 is 30.0 Å². The molecule has 16 nitrogen and oxygen atoms in total. The first-order valence-electron chi connectivity index (χ1n) is 24.6. The van der Waals surface area contributed by atoms with Crippen LogP contribution in [0.4, 0.5) is 4.79 Å². The number of fused-ring (bicyclic) bond motifs is 2. The van der Waals surface area contributed by atoms with Gasteiger partial charge in [-0.1, -0.05) is 43.8 Å². The van der Waals surface area contributed by atoms with E-state index in [0.717, 1.165) is 24.8 Å². The third kappa shape index (κ3) is 11.8. The van der Waals surface area contributed by atoms with Crippen molar-refractivity contribution in [3.63, 3.8) is 0 Å². The first kappa shape index (κ1) is 54.2. The molecule has 2 unspecified atom stereocenters. The molecule has 16 heteroatoms. The van der Waals surface area contributed by atoms with E-state index in [0.29, 0.717) is 29.7 Å². The number of methoxy groups -OCH3 is 1. The van der Waals surface area contributed by atoms with Gasteiger partial charge in [-0.2, -0.15) is 0 Å². The zero-order valence-electron chi connectivity index (χ0n) is 43.4. The van der Waals surface area contributed by atoms with Gasteiger partial charge in [-0.25, -0.2) is 19.2 Å². The molecule has 4 aliphatic carbocycles. The third-order valence-corrected chi connectivity index (χ3v) is 14.1. The summed E-state index contributed by atoms with van der Waals surface area (Å²) in [5.74, 6) is -7.32. The van der Waals surface area contributed by atoms with Crippen LogP contribution in [0, 0.1) is 29.1 Å². The summed E-state index contributed by atoms with van der Waals surface area (Å²) in [6.07, 6.45) is -1.73. The van der Waals surface area contributed by atoms with Crippen molar-refractivity contribution in [2.75, 3.05) is 13.7 Å². The summed E-state index contributed by atoms with van der Waals surface area (Å²) in [6, 6.07) is 9.65. The molecule has 2 saturated heterocycles. The van der Waals surface area contributed by atoms with Gasteiger partial charge in [0.05, 0.1) is 0 Å². The lowest BCUT2D eigenvalue weighted by Gasteiger charge is -2.56. The smallest absolute Gasteiger partial charge is 0.407 e. The number of benzene rings is 1. The molecule has 386 valence electrons. The summed E-state index contributed by atoms with van der Waals surface area (Å²) in [7, 11) is 1.37. The SMILES string of the molecule is C=C(CC[C@@]12O[C@H](C(=O)OC(C)(C)C)[C@@](O)(C(=O)OC(C)(C)C)[C@@](C(=O)OC(C)(C)C)(O1)[C@H](OC(=O)NCC13CC4CC(CC(C4)C1)C3)[C@H]2OC(C)(C)OC)C(OC(C)=O)C(C)Cc1ccccc1. The van der Waals surface area contributed by atoms with Crippen molar-refractivity contribution in [3.8, 4) is 0 Å². The molecule has 1 aromatic carbocycles. The van der Waals surface area contributed by atoms with Crippen LogP contribution in [-0.4, -0.2) is 113 Å². The van der Waals surface area contributed by atoms with E-state index >= 15 is 9.59 Å². The van der Waals surface area contributed by atoms with Gasteiger partial charge in [0.15, 0.2) is 18.0 Å². The van der Waals surface area contributed by atoms with Crippen LogP contribution in [0.3, 0.4) is 0 Å². The lowest BCUT2D eigenvalue weighted by Crippen LogP contribution is -2.79. The van der Waals surface area contributed by atoms with Crippen LogP contribution in [0.5, 0.6) is 0 Å². The number of carbonyl (C=O) groups is 5. The number of amides is 1. The highest BCUT2D eigenvalue weighted by molar-refractivity contribution is 6.00. The van der Waals surface area contributed by atoms with Crippen molar-refractivity contribution in [2.45, 2.75) is 212 Å². The average Bonchev–Trinajstić information content (AvgIpc) is 3.43. The first-order valence-corrected chi connectivity index (χ1v) is 24.6. The highest BCUT2D eigenvalue weighted by Gasteiger charge is 2.87. The van der Waals surface area contributed by atoms with Crippen LogP contribution >= 0.6 is 0 Å². The summed E-state index contributed by atoms with van der Waals surface area (Å²) >= 11 is 0. The van der Waals surface area contributed by atoms with Gasteiger partial charge in [0.25, 0.3) is 5.60 Å². The minimum absolute atomic E-state index is 0.0917. The molecule has 2 aliphatic heterocycles. The molecule has 1 aromatic rings. The highest BCUT2D eigenvalue weighted by atomic mass is 16.8. The third-order valence-electron chi connectivity index (χ3n) is 14.1. The Labute approximate surface area is 408 Å². The first-order chi connectivity index (χ1) is 31.7. The number of aliphatic hydroxyl groups is 1. The zero-order valence-corrected chi connectivity index (χ0v) is 43.4. The second-order valence-corrected chi connectivity index (χ2v) is 24.0. The van der Waals surface area contributed by atoms with Crippen molar-refractivity contribution < 1.29 is 71.7 Å². The number of carbonyl (C=O) groups excluding carboxylic acids is 5. The number of hydrogen-bond donors (Lipinski definition) is 2. The van der Waals surface area contributed by atoms with E-state index in [1.807, 2.05) is 37.3 Å². The van der Waals surface area contributed by atoms with E-state index in [1.165, 1.54) is 54.1 Å². The lowest BCUT2D eigenvalue weighted by molar-refractivity contribution is -0.387. The van der Waals surface area contributed by atoms with Gasteiger partial charge in [0.2, 0.25) is 17.5 Å². The second-order valence-electron chi connectivity index (χ2n) is 24.0. The molecular formula is C53H79NO15. The maximum atomic E-state index is 15.6. The maximum Gasteiger partial charge on any atom is 0.407 e. The zero-order chi connectivity index (χ0) is 51.3. The van der Waals surface area contributed by atoms with E-state index in [9.17, 15) is 19.5 Å². The molecule has 6 fully saturated rings. The van der Waals surface area contributed by atoms with Crippen LogP contribution in [0.1, 0.15) is 147 Å². The number of alkyl carbamates (subject to hydrolysis) is 1. The maximum absolute atomic E-state index is 15.6. The minimum atomic E-state index is -3.50. The molecule has 0 aromatic heterocycles. The summed E-state index contributed by atoms with van der Waals surface area (Å²) in [5, 5.41) is 16.6. The summed E-state index contributed by atoms with van der Waals surface area (Å²) in [4.78, 5) is 72.9. The standard InChI is InChI=1S/C53H79NO15/c1-31(38(62-33(3)55)32(2)23-34-19-17-16-18-20-34)21-22-51-39(64-49(13,14)61-15)40(63-45(59)54-30-50-27-35-24-36(28-50)26-37(25-35)29-50)53(69-51,44(58)68-48(10,11)12)52(60,43(57)67-47(7,8)9)41(65-51)42(56)66-46(4,5)6/h16-20,32,35-41,60H,1,21-30H2,2-15H3,(H,54,59)/t32?,35?,36?,37?,38?,39-,40-,41-,50?,51-,52-,53-/m1/s1. The fourth-order valence-electron chi connectivity index (χ4n) is 11.7. The Balaban J connectivity index is 1.53. The molecule has 2 heterocycles. The molecule has 69 heavy (non-hydrogen) atoms. The Bertz CT molecular complexity index is 2050. The molecule has 0 radical (unpaired) electrons. The molecule has 4 saturated carbocycles. The van der Waals surface area contributed by atoms with Gasteiger partial charge in [-0.05, 0) is 162 Å². The van der Waals surface area contributed by atoms with Gasteiger partial charge >= 0.3 is 30.0 Å². The summed E-state index contributed by atoms with van der Waals surface area (Å²) < 4.78 is 56.3. The van der Waals surface area contributed by atoms with E-state index in [-0.39, 0.29) is 30.7 Å². The second kappa shape index (κ2) is 19.5. The molecule has 7 rings (SSSR count). The fourth-order valence-corrected chi connectivity index (χ4v) is 11.7. The minimum Gasteiger partial charge on any atom is -0.458 e.